The molecule has 2 aromatic carbocycles. The first-order valence-corrected chi connectivity index (χ1v) is 8.02. The molecule has 6 heteroatoms. The standard InChI is InChI=1S/C15H18N2O3S/c1-3-11-5-6-12(16)8-15(11)21(19,20)17-13-7-4-10(2)14(18)9-13/h4-9,17-18H,3,16H2,1-2H3. The molecule has 21 heavy (non-hydrogen) atoms. The number of benzene rings is 2. The normalized spacial score (nSPS) is 11.3. The maximum atomic E-state index is 12.5. The summed E-state index contributed by atoms with van der Waals surface area (Å²) in [5.74, 6) is 0.0403. The molecule has 0 amide bonds. The van der Waals surface area contributed by atoms with Crippen molar-refractivity contribution in [2.45, 2.75) is 25.2 Å². The molecule has 0 saturated carbocycles. The van der Waals surface area contributed by atoms with E-state index in [2.05, 4.69) is 4.72 Å². The molecule has 4 N–H and O–H groups in total. The molecule has 0 unspecified atom stereocenters. The summed E-state index contributed by atoms with van der Waals surface area (Å²) in [6.07, 6.45) is 0.579. The molecule has 0 atom stereocenters. The fraction of sp³-hybridized carbons (Fsp3) is 0.200. The van der Waals surface area contributed by atoms with E-state index in [4.69, 9.17) is 5.73 Å². The zero-order valence-corrected chi connectivity index (χ0v) is 12.7. The molecule has 112 valence electrons. The number of anilines is 2. The molecule has 0 bridgehead atoms. The van der Waals surface area contributed by atoms with Crippen molar-refractivity contribution < 1.29 is 13.5 Å². The van der Waals surface area contributed by atoms with Gasteiger partial charge in [0.05, 0.1) is 10.6 Å². The number of aromatic hydroxyl groups is 1. The maximum Gasteiger partial charge on any atom is 0.262 e. The van der Waals surface area contributed by atoms with Crippen LogP contribution in [0.5, 0.6) is 5.75 Å². The molecule has 5 nitrogen and oxygen atoms in total. The summed E-state index contributed by atoms with van der Waals surface area (Å²) in [5.41, 5.74) is 7.75. The van der Waals surface area contributed by atoms with Gasteiger partial charge in [-0.15, -0.1) is 0 Å². The molecule has 0 aliphatic rings. The summed E-state index contributed by atoms with van der Waals surface area (Å²) in [6, 6.07) is 9.45. The van der Waals surface area contributed by atoms with Gasteiger partial charge in [0.15, 0.2) is 0 Å². The van der Waals surface area contributed by atoms with Gasteiger partial charge in [-0.25, -0.2) is 8.42 Å². The molecular weight excluding hydrogens is 288 g/mol. The maximum absolute atomic E-state index is 12.5. The van der Waals surface area contributed by atoms with Crippen molar-refractivity contribution in [1.82, 2.24) is 0 Å². The van der Waals surface area contributed by atoms with Crippen molar-refractivity contribution in [3.8, 4) is 5.75 Å². The molecular formula is C15H18N2O3S. The number of nitrogens with one attached hydrogen (secondary N) is 1. The molecule has 0 saturated heterocycles. The lowest BCUT2D eigenvalue weighted by molar-refractivity contribution is 0.471. The van der Waals surface area contributed by atoms with E-state index in [-0.39, 0.29) is 10.6 Å². The minimum Gasteiger partial charge on any atom is -0.508 e. The Hall–Kier alpha value is -2.21. The monoisotopic (exact) mass is 306 g/mol. The first-order valence-electron chi connectivity index (χ1n) is 6.54. The van der Waals surface area contributed by atoms with E-state index in [9.17, 15) is 13.5 Å². The quantitative estimate of drug-likeness (QED) is 0.757. The van der Waals surface area contributed by atoms with Gasteiger partial charge in [0.2, 0.25) is 0 Å². The Kier molecular flexibility index (Phi) is 4.09. The minimum atomic E-state index is -3.75. The van der Waals surface area contributed by atoms with Crippen LogP contribution < -0.4 is 10.5 Å². The van der Waals surface area contributed by atoms with Gasteiger partial charge in [-0.3, -0.25) is 4.72 Å². The van der Waals surface area contributed by atoms with E-state index in [1.165, 1.54) is 12.1 Å². The Morgan fingerprint density at radius 1 is 1.19 bits per heavy atom. The van der Waals surface area contributed by atoms with Crippen molar-refractivity contribution >= 4 is 21.4 Å². The molecule has 0 spiro atoms. The molecule has 0 heterocycles. The highest BCUT2D eigenvalue weighted by molar-refractivity contribution is 7.92. The average molecular weight is 306 g/mol. The van der Waals surface area contributed by atoms with E-state index in [1.54, 1.807) is 31.2 Å². The highest BCUT2D eigenvalue weighted by Gasteiger charge is 2.18. The number of phenolic OH excluding ortho intramolecular Hbond substituents is 1. The zero-order valence-electron chi connectivity index (χ0n) is 11.9. The molecule has 2 aromatic rings. The Morgan fingerprint density at radius 2 is 1.90 bits per heavy atom. The largest absolute Gasteiger partial charge is 0.508 e. The van der Waals surface area contributed by atoms with Gasteiger partial charge in [0.25, 0.3) is 10.0 Å². The molecule has 0 aliphatic heterocycles. The number of hydrogen-bond acceptors (Lipinski definition) is 4. The summed E-state index contributed by atoms with van der Waals surface area (Å²) in [7, 11) is -3.75. The molecule has 2 rings (SSSR count). The number of rotatable bonds is 4. The van der Waals surface area contributed by atoms with Crippen LogP contribution in [0.2, 0.25) is 0 Å². The van der Waals surface area contributed by atoms with Crippen LogP contribution in [0, 0.1) is 6.92 Å². The third-order valence-corrected chi connectivity index (χ3v) is 4.69. The van der Waals surface area contributed by atoms with Crippen LogP contribution in [-0.2, 0) is 16.4 Å². The minimum absolute atomic E-state index is 0.0403. The average Bonchev–Trinajstić information content (AvgIpc) is 2.42. The Bertz CT molecular complexity index is 770. The second kappa shape index (κ2) is 5.65. The van der Waals surface area contributed by atoms with Crippen molar-refractivity contribution in [1.29, 1.82) is 0 Å². The summed E-state index contributed by atoms with van der Waals surface area (Å²) in [4.78, 5) is 0.157. The SMILES string of the molecule is CCc1ccc(N)cc1S(=O)(=O)Nc1ccc(C)c(O)c1. The molecule has 0 fully saturated rings. The Balaban J connectivity index is 2.42. The lowest BCUT2D eigenvalue weighted by Gasteiger charge is -2.13. The Labute approximate surface area is 124 Å². The fourth-order valence-corrected chi connectivity index (χ4v) is 3.39. The number of phenols is 1. The van der Waals surface area contributed by atoms with Crippen LogP contribution in [-0.4, -0.2) is 13.5 Å². The number of aryl methyl sites for hydroxylation is 2. The summed E-state index contributed by atoms with van der Waals surface area (Å²) < 4.78 is 27.4. The molecule has 0 aliphatic carbocycles. The van der Waals surface area contributed by atoms with Crippen LogP contribution >= 0.6 is 0 Å². The Morgan fingerprint density at radius 3 is 2.52 bits per heavy atom. The van der Waals surface area contributed by atoms with Gasteiger partial charge in [0, 0.05) is 11.8 Å². The van der Waals surface area contributed by atoms with Gasteiger partial charge >= 0.3 is 0 Å². The van der Waals surface area contributed by atoms with Gasteiger partial charge in [-0.1, -0.05) is 19.1 Å². The number of nitrogen functional groups attached to an aromatic ring is 1. The van der Waals surface area contributed by atoms with E-state index in [1.807, 2.05) is 6.92 Å². The third kappa shape index (κ3) is 3.28. The van der Waals surface area contributed by atoms with Crippen molar-refractivity contribution in [2.24, 2.45) is 0 Å². The highest BCUT2D eigenvalue weighted by atomic mass is 32.2. The number of nitrogens with two attached hydrogens (primary N) is 1. The van der Waals surface area contributed by atoms with Gasteiger partial charge < -0.3 is 10.8 Å². The molecule has 0 radical (unpaired) electrons. The van der Waals surface area contributed by atoms with Gasteiger partial charge in [-0.2, -0.15) is 0 Å². The predicted molar refractivity (Wildman–Crippen MR) is 83.9 cm³/mol. The second-order valence-corrected chi connectivity index (χ2v) is 6.48. The zero-order chi connectivity index (χ0) is 15.6. The summed E-state index contributed by atoms with van der Waals surface area (Å²) in [6.45, 7) is 3.61. The molecule has 0 aromatic heterocycles. The second-order valence-electron chi connectivity index (χ2n) is 4.83. The first kappa shape index (κ1) is 15.2. The lowest BCUT2D eigenvalue weighted by atomic mass is 10.1. The lowest BCUT2D eigenvalue weighted by Crippen LogP contribution is -2.15. The van der Waals surface area contributed by atoms with Crippen LogP contribution in [0.25, 0.3) is 0 Å². The van der Waals surface area contributed by atoms with E-state index >= 15 is 0 Å². The van der Waals surface area contributed by atoms with Crippen molar-refractivity contribution in [3.63, 3.8) is 0 Å². The highest BCUT2D eigenvalue weighted by Crippen LogP contribution is 2.25. The fourth-order valence-electron chi connectivity index (χ4n) is 2.00. The van der Waals surface area contributed by atoms with Crippen LogP contribution in [0.3, 0.4) is 0 Å². The van der Waals surface area contributed by atoms with Crippen LogP contribution in [0.15, 0.2) is 41.3 Å². The summed E-state index contributed by atoms with van der Waals surface area (Å²) in [5, 5.41) is 9.66. The van der Waals surface area contributed by atoms with Gasteiger partial charge in [-0.05, 0) is 42.7 Å². The predicted octanol–water partition coefficient (Wildman–Crippen LogP) is 2.65. The third-order valence-electron chi connectivity index (χ3n) is 3.22. The summed E-state index contributed by atoms with van der Waals surface area (Å²) >= 11 is 0. The van der Waals surface area contributed by atoms with Crippen molar-refractivity contribution in [3.05, 3.63) is 47.5 Å². The number of hydrogen-bond donors (Lipinski definition) is 3. The van der Waals surface area contributed by atoms with E-state index in [0.29, 0.717) is 28.9 Å². The van der Waals surface area contributed by atoms with Crippen LogP contribution in [0.4, 0.5) is 11.4 Å². The first-order chi connectivity index (χ1) is 9.83. The van der Waals surface area contributed by atoms with Gasteiger partial charge in [0.1, 0.15) is 5.75 Å². The van der Waals surface area contributed by atoms with E-state index < -0.39 is 10.0 Å². The van der Waals surface area contributed by atoms with Crippen molar-refractivity contribution in [2.75, 3.05) is 10.5 Å². The van der Waals surface area contributed by atoms with E-state index in [0.717, 1.165) is 0 Å². The smallest absolute Gasteiger partial charge is 0.262 e. The van der Waals surface area contributed by atoms with Crippen LogP contribution in [0.1, 0.15) is 18.1 Å². The topological polar surface area (TPSA) is 92.4 Å². The number of sulfonamides is 1.